The summed E-state index contributed by atoms with van der Waals surface area (Å²) in [4.78, 5) is 0. The van der Waals surface area contributed by atoms with Gasteiger partial charge in [0, 0.05) is 5.41 Å². The Morgan fingerprint density at radius 3 is 2.60 bits per heavy atom. The number of benzene rings is 1. The second-order valence-electron chi connectivity index (χ2n) is 3.64. The monoisotopic (exact) mass is 220 g/mol. The second kappa shape index (κ2) is 3.66. The Labute approximate surface area is 89.9 Å². The van der Waals surface area contributed by atoms with Crippen molar-refractivity contribution < 1.29 is 8.42 Å². The summed E-state index contributed by atoms with van der Waals surface area (Å²) < 4.78 is 22.8. The largest absolute Gasteiger partial charge is 0.224 e. The predicted octanol–water partition coefficient (Wildman–Crippen LogP) is 2.32. The van der Waals surface area contributed by atoms with Crippen LogP contribution in [0.25, 0.3) is 5.57 Å². The Kier molecular flexibility index (Phi) is 2.49. The van der Waals surface area contributed by atoms with Gasteiger partial charge in [0.1, 0.15) is 0 Å². The maximum atomic E-state index is 11.4. The maximum Gasteiger partial charge on any atom is 0.175 e. The Balaban J connectivity index is 2.46. The quantitative estimate of drug-likeness (QED) is 0.728. The molecule has 0 spiro atoms. The number of aryl methyl sites for hydroxylation is 1. The van der Waals surface area contributed by atoms with Crippen molar-refractivity contribution in [2.75, 3.05) is 5.75 Å². The number of sulfone groups is 1. The summed E-state index contributed by atoms with van der Waals surface area (Å²) in [6, 6.07) is 7.82. The van der Waals surface area contributed by atoms with Crippen molar-refractivity contribution in [3.8, 4) is 0 Å². The summed E-state index contributed by atoms with van der Waals surface area (Å²) in [7, 11) is -3.05. The van der Waals surface area contributed by atoms with Gasteiger partial charge in [0.2, 0.25) is 0 Å². The average molecular weight is 220 g/mol. The molecule has 0 fully saturated rings. The first-order valence-electron chi connectivity index (χ1n) is 4.74. The molecule has 3 heteroatoms. The van der Waals surface area contributed by atoms with E-state index in [2.05, 4.69) is 0 Å². The molecule has 0 saturated heterocycles. The third-order valence-electron chi connectivity index (χ3n) is 2.43. The van der Waals surface area contributed by atoms with E-state index in [9.17, 15) is 8.42 Å². The van der Waals surface area contributed by atoms with Crippen LogP contribution in [0.5, 0.6) is 0 Å². The first kappa shape index (κ1) is 10.2. The lowest BCUT2D eigenvalue weighted by Crippen LogP contribution is -2.08. The highest BCUT2D eigenvalue weighted by molar-refractivity contribution is 7.94. The van der Waals surface area contributed by atoms with Gasteiger partial charge in [-0.1, -0.05) is 36.4 Å². The minimum Gasteiger partial charge on any atom is -0.224 e. The minimum absolute atomic E-state index is 0.106. The molecule has 0 bridgehead atoms. The molecule has 1 heterocycles. The van der Waals surface area contributed by atoms with Gasteiger partial charge in [-0.15, -0.1) is 0 Å². The maximum absolute atomic E-state index is 11.4. The smallest absolute Gasteiger partial charge is 0.175 e. The van der Waals surface area contributed by atoms with Crippen molar-refractivity contribution in [2.24, 2.45) is 0 Å². The van der Waals surface area contributed by atoms with Gasteiger partial charge in [-0.3, -0.25) is 0 Å². The van der Waals surface area contributed by atoms with Gasteiger partial charge in [-0.2, -0.15) is 0 Å². The molecule has 0 unspecified atom stereocenters. The third kappa shape index (κ3) is 2.18. The Hall–Kier alpha value is -1.35. The summed E-state index contributed by atoms with van der Waals surface area (Å²) in [5.41, 5.74) is 3.00. The molecule has 1 aromatic carbocycles. The van der Waals surface area contributed by atoms with Gasteiger partial charge in [-0.25, -0.2) is 8.42 Å². The van der Waals surface area contributed by atoms with Crippen LogP contribution in [0, 0.1) is 6.92 Å². The van der Waals surface area contributed by atoms with Crippen LogP contribution in [0.1, 0.15) is 11.1 Å². The predicted molar refractivity (Wildman–Crippen MR) is 62.1 cm³/mol. The lowest BCUT2D eigenvalue weighted by atomic mass is 10.0. The SMILES string of the molecule is Cc1ccccc1C1=CC=CS(=O)(=O)C1. The standard InChI is InChI=1S/C12H12O2S/c1-10-5-2-3-7-12(10)11-6-4-8-15(13,14)9-11/h2-8H,9H2,1H3. The van der Waals surface area contributed by atoms with Crippen molar-refractivity contribution >= 4 is 15.4 Å². The van der Waals surface area contributed by atoms with Crippen LogP contribution in [0.3, 0.4) is 0 Å². The van der Waals surface area contributed by atoms with Gasteiger partial charge in [0.15, 0.2) is 9.84 Å². The first-order chi connectivity index (χ1) is 7.08. The molecular weight excluding hydrogens is 208 g/mol. The van der Waals surface area contributed by atoms with E-state index >= 15 is 0 Å². The molecule has 0 aliphatic carbocycles. The zero-order valence-electron chi connectivity index (χ0n) is 8.47. The zero-order chi connectivity index (χ0) is 10.9. The molecule has 0 atom stereocenters. The van der Waals surface area contributed by atoms with E-state index < -0.39 is 9.84 Å². The van der Waals surface area contributed by atoms with E-state index in [1.807, 2.05) is 37.3 Å². The van der Waals surface area contributed by atoms with Crippen LogP contribution in [-0.2, 0) is 9.84 Å². The highest BCUT2D eigenvalue weighted by Gasteiger charge is 2.15. The molecule has 0 N–H and O–H groups in total. The summed E-state index contributed by atoms with van der Waals surface area (Å²) >= 11 is 0. The van der Waals surface area contributed by atoms with E-state index in [0.717, 1.165) is 16.7 Å². The van der Waals surface area contributed by atoms with Crippen molar-refractivity contribution in [1.82, 2.24) is 0 Å². The van der Waals surface area contributed by atoms with Crippen molar-refractivity contribution in [2.45, 2.75) is 6.92 Å². The van der Waals surface area contributed by atoms with Crippen molar-refractivity contribution in [3.63, 3.8) is 0 Å². The Morgan fingerprint density at radius 2 is 1.93 bits per heavy atom. The fourth-order valence-electron chi connectivity index (χ4n) is 1.69. The van der Waals surface area contributed by atoms with Crippen LogP contribution in [0.4, 0.5) is 0 Å². The molecule has 0 aromatic heterocycles. The first-order valence-corrected chi connectivity index (χ1v) is 6.46. The molecule has 15 heavy (non-hydrogen) atoms. The van der Waals surface area contributed by atoms with Crippen molar-refractivity contribution in [3.05, 3.63) is 53.0 Å². The zero-order valence-corrected chi connectivity index (χ0v) is 9.29. The topological polar surface area (TPSA) is 34.1 Å². The van der Waals surface area contributed by atoms with E-state index in [1.165, 1.54) is 5.41 Å². The van der Waals surface area contributed by atoms with Crippen LogP contribution in [0.15, 0.2) is 41.8 Å². The number of rotatable bonds is 1. The van der Waals surface area contributed by atoms with Gasteiger partial charge < -0.3 is 0 Å². The molecule has 1 aliphatic heterocycles. The third-order valence-corrected chi connectivity index (χ3v) is 3.72. The fraction of sp³-hybridized carbons (Fsp3) is 0.167. The normalized spacial score (nSPS) is 18.6. The highest BCUT2D eigenvalue weighted by atomic mass is 32.2. The summed E-state index contributed by atoms with van der Waals surface area (Å²) in [6.45, 7) is 1.99. The van der Waals surface area contributed by atoms with Gasteiger partial charge in [-0.05, 0) is 23.6 Å². The lowest BCUT2D eigenvalue weighted by molar-refractivity contribution is 0.607. The lowest BCUT2D eigenvalue weighted by Gasteiger charge is -2.11. The molecule has 2 rings (SSSR count). The fourth-order valence-corrected chi connectivity index (χ4v) is 2.79. The van der Waals surface area contributed by atoms with Gasteiger partial charge in [0.05, 0.1) is 5.75 Å². The number of hydrogen-bond acceptors (Lipinski definition) is 2. The summed E-state index contributed by atoms with van der Waals surface area (Å²) in [5.74, 6) is 0.106. The molecule has 1 aromatic rings. The van der Waals surface area contributed by atoms with Gasteiger partial charge >= 0.3 is 0 Å². The molecule has 0 saturated carbocycles. The molecule has 2 nitrogen and oxygen atoms in total. The second-order valence-corrected chi connectivity index (χ2v) is 5.53. The van der Waals surface area contributed by atoms with Crippen LogP contribution in [0.2, 0.25) is 0 Å². The molecular formula is C12H12O2S. The molecule has 78 valence electrons. The minimum atomic E-state index is -3.05. The van der Waals surface area contributed by atoms with Gasteiger partial charge in [0.25, 0.3) is 0 Å². The van der Waals surface area contributed by atoms with E-state index in [4.69, 9.17) is 0 Å². The summed E-state index contributed by atoms with van der Waals surface area (Å²) in [6.07, 6.45) is 3.46. The van der Waals surface area contributed by atoms with E-state index in [-0.39, 0.29) is 5.75 Å². The summed E-state index contributed by atoms with van der Waals surface area (Å²) in [5, 5.41) is 1.26. The highest BCUT2D eigenvalue weighted by Crippen LogP contribution is 2.23. The van der Waals surface area contributed by atoms with Crippen LogP contribution >= 0.6 is 0 Å². The number of hydrogen-bond donors (Lipinski definition) is 0. The van der Waals surface area contributed by atoms with E-state index in [1.54, 1.807) is 6.08 Å². The van der Waals surface area contributed by atoms with Crippen LogP contribution < -0.4 is 0 Å². The Morgan fingerprint density at radius 1 is 1.20 bits per heavy atom. The van der Waals surface area contributed by atoms with Crippen molar-refractivity contribution in [1.29, 1.82) is 0 Å². The average Bonchev–Trinajstić information content (AvgIpc) is 2.17. The van der Waals surface area contributed by atoms with E-state index in [0.29, 0.717) is 0 Å². The Bertz CT molecular complexity index is 536. The molecule has 0 radical (unpaired) electrons. The number of allylic oxidation sites excluding steroid dienone is 2. The molecule has 0 amide bonds. The van der Waals surface area contributed by atoms with Crippen LogP contribution in [-0.4, -0.2) is 14.2 Å². The molecule has 1 aliphatic rings.